The molecule has 0 radical (unpaired) electrons. The Balaban J connectivity index is 1.39. The van der Waals surface area contributed by atoms with Crippen LogP contribution in [0.4, 0.5) is 5.95 Å². The Morgan fingerprint density at radius 1 is 1.20 bits per heavy atom. The van der Waals surface area contributed by atoms with Crippen LogP contribution in [0.3, 0.4) is 0 Å². The van der Waals surface area contributed by atoms with Gasteiger partial charge in [0.2, 0.25) is 5.95 Å². The van der Waals surface area contributed by atoms with Crippen LogP contribution < -0.4 is 20.5 Å². The maximum absolute atomic E-state index is 5.27. The third kappa shape index (κ3) is 2.87. The molecule has 2 N–H and O–H groups in total. The largest absolute Gasteiger partial charge is 0.497 e. The molecule has 156 valence electrons. The molecule has 1 aromatic carbocycles. The summed E-state index contributed by atoms with van der Waals surface area (Å²) in [6.45, 7) is 2.15. The monoisotopic (exact) mass is 440 g/mol. The van der Waals surface area contributed by atoms with Gasteiger partial charge in [-0.3, -0.25) is 10.3 Å². The Morgan fingerprint density at radius 2 is 2.03 bits per heavy atom. The van der Waals surface area contributed by atoms with Crippen LogP contribution in [0.2, 0.25) is 0 Å². The maximum Gasteiger partial charge on any atom is 0.249 e. The second-order valence-electron chi connectivity index (χ2n) is 7.97. The molecule has 2 unspecified atom stereocenters. The minimum absolute atomic E-state index is 0.129. The van der Waals surface area contributed by atoms with Crippen molar-refractivity contribution in [3.05, 3.63) is 45.8 Å². The number of aryl methyl sites for hydroxylation is 1. The Morgan fingerprint density at radius 3 is 2.87 bits per heavy atom. The highest BCUT2D eigenvalue weighted by molar-refractivity contribution is 7.98. The average Bonchev–Trinajstić information content (AvgIpc) is 3.46. The number of hydrogen-bond donors (Lipinski definition) is 2. The van der Waals surface area contributed by atoms with Crippen molar-refractivity contribution in [2.45, 2.75) is 55.8 Å². The second kappa shape index (κ2) is 7.26. The van der Waals surface area contributed by atoms with E-state index in [0.29, 0.717) is 0 Å². The van der Waals surface area contributed by atoms with E-state index in [2.05, 4.69) is 49.6 Å². The fraction of sp³-hybridized carbons (Fsp3) is 0.429. The number of nitrogens with zero attached hydrogens (tertiary/aromatic N) is 4. The highest BCUT2D eigenvalue weighted by Gasteiger charge is 2.43. The van der Waals surface area contributed by atoms with Gasteiger partial charge in [-0.1, -0.05) is 23.9 Å². The molecule has 2 atom stereocenters. The molecule has 6 rings (SSSR count). The van der Waals surface area contributed by atoms with Gasteiger partial charge in [-0.15, -0.1) is 21.5 Å². The molecule has 30 heavy (non-hydrogen) atoms. The van der Waals surface area contributed by atoms with Crippen molar-refractivity contribution >= 4 is 29.0 Å². The van der Waals surface area contributed by atoms with Crippen LogP contribution in [-0.2, 0) is 18.6 Å². The lowest BCUT2D eigenvalue weighted by Crippen LogP contribution is -2.40. The Kier molecular flexibility index (Phi) is 4.52. The lowest BCUT2D eigenvalue weighted by Gasteiger charge is -2.31. The van der Waals surface area contributed by atoms with Crippen LogP contribution in [0.5, 0.6) is 5.75 Å². The first-order valence-corrected chi connectivity index (χ1v) is 12.2. The highest BCUT2D eigenvalue weighted by Crippen LogP contribution is 2.48. The van der Waals surface area contributed by atoms with Crippen molar-refractivity contribution in [2.75, 3.05) is 12.1 Å². The number of hydrazine groups is 1. The van der Waals surface area contributed by atoms with Gasteiger partial charge in [-0.2, -0.15) is 0 Å². The van der Waals surface area contributed by atoms with E-state index in [1.54, 1.807) is 29.3 Å². The Hall–Kier alpha value is -2.07. The molecule has 4 heterocycles. The predicted octanol–water partition coefficient (Wildman–Crippen LogP) is 3.78. The first-order chi connectivity index (χ1) is 14.7. The first kappa shape index (κ1) is 18.7. The molecule has 1 saturated heterocycles. The molecule has 9 heteroatoms. The number of benzene rings is 1. The van der Waals surface area contributed by atoms with Crippen LogP contribution in [0, 0.1) is 0 Å². The summed E-state index contributed by atoms with van der Waals surface area (Å²) in [7, 11) is 1.69. The van der Waals surface area contributed by atoms with Crippen LogP contribution in [0.15, 0.2) is 29.4 Å². The van der Waals surface area contributed by atoms with Crippen molar-refractivity contribution in [1.82, 2.24) is 25.5 Å². The third-order valence-corrected chi connectivity index (χ3v) is 8.32. The van der Waals surface area contributed by atoms with Crippen molar-refractivity contribution < 1.29 is 4.74 Å². The molecule has 3 aromatic rings. The van der Waals surface area contributed by atoms with Crippen molar-refractivity contribution in [3.8, 4) is 10.8 Å². The van der Waals surface area contributed by atoms with Crippen molar-refractivity contribution in [1.29, 1.82) is 0 Å². The van der Waals surface area contributed by atoms with E-state index in [-0.39, 0.29) is 12.3 Å². The summed E-state index contributed by atoms with van der Waals surface area (Å²) in [5, 5.41) is 17.3. The molecule has 1 aliphatic carbocycles. The summed E-state index contributed by atoms with van der Waals surface area (Å²) in [6.07, 6.45) is 5.25. The number of hydrogen-bond acceptors (Lipinski definition) is 8. The minimum atomic E-state index is 0.129. The molecular formula is C21H24N6OS2. The van der Waals surface area contributed by atoms with Gasteiger partial charge in [0.1, 0.15) is 16.9 Å². The van der Waals surface area contributed by atoms with Crippen LogP contribution in [0.1, 0.15) is 47.5 Å². The summed E-state index contributed by atoms with van der Waals surface area (Å²) in [5.74, 6) is 2.60. The number of nitrogens with one attached hydrogen (secondary N) is 2. The van der Waals surface area contributed by atoms with Crippen molar-refractivity contribution in [2.24, 2.45) is 0 Å². The number of anilines is 1. The number of thiophene rings is 1. The van der Waals surface area contributed by atoms with Gasteiger partial charge in [0.25, 0.3) is 0 Å². The minimum Gasteiger partial charge on any atom is -0.497 e. The molecule has 0 spiro atoms. The first-order valence-electron chi connectivity index (χ1n) is 10.4. The van der Waals surface area contributed by atoms with Crippen LogP contribution in [-0.4, -0.2) is 28.0 Å². The van der Waals surface area contributed by atoms with Gasteiger partial charge in [0.15, 0.2) is 5.16 Å². The van der Waals surface area contributed by atoms with E-state index in [9.17, 15) is 0 Å². The van der Waals surface area contributed by atoms with Gasteiger partial charge < -0.3 is 4.74 Å². The molecule has 7 nitrogen and oxygen atoms in total. The van der Waals surface area contributed by atoms with E-state index >= 15 is 0 Å². The highest BCUT2D eigenvalue weighted by atomic mass is 32.2. The molecule has 3 aliphatic rings. The SMILES string of the molecule is COc1ccc(CSc2nnc3n2-c2sc4c(c2C2NC(C)NN32)CCCC4)cc1. The average molecular weight is 441 g/mol. The zero-order valence-corrected chi connectivity index (χ0v) is 18.6. The fourth-order valence-corrected chi connectivity index (χ4v) is 6.97. The standard InChI is InChI=1S/C21H24N6OS2/c1-12-22-18-17-15-5-3-4-6-16(15)30-19(17)26-20(27(18)25-12)23-24-21(26)29-11-13-7-9-14(28-2)10-8-13/h7-10,12,18,22,25H,3-6,11H2,1-2H3. The summed E-state index contributed by atoms with van der Waals surface area (Å²) in [5.41, 5.74) is 7.74. The van der Waals surface area contributed by atoms with E-state index in [4.69, 9.17) is 4.74 Å². The van der Waals surface area contributed by atoms with E-state index in [1.807, 2.05) is 23.5 Å². The van der Waals surface area contributed by atoms with E-state index < -0.39 is 0 Å². The lowest BCUT2D eigenvalue weighted by molar-refractivity contribution is 0.414. The van der Waals surface area contributed by atoms with Crippen LogP contribution >= 0.6 is 23.1 Å². The topological polar surface area (TPSA) is 67.2 Å². The Labute approximate surface area is 183 Å². The Bertz CT molecular complexity index is 1090. The predicted molar refractivity (Wildman–Crippen MR) is 119 cm³/mol. The zero-order valence-electron chi connectivity index (χ0n) is 17.0. The number of fused-ring (bicyclic) bond motifs is 8. The van der Waals surface area contributed by atoms with Gasteiger partial charge in [-0.05, 0) is 55.9 Å². The van der Waals surface area contributed by atoms with Crippen molar-refractivity contribution in [3.63, 3.8) is 0 Å². The molecule has 2 aliphatic heterocycles. The summed E-state index contributed by atoms with van der Waals surface area (Å²) in [4.78, 5) is 1.54. The number of rotatable bonds is 4. The lowest BCUT2D eigenvalue weighted by atomic mass is 9.94. The summed E-state index contributed by atoms with van der Waals surface area (Å²) in [6, 6.07) is 8.23. The third-order valence-electron chi connectivity index (χ3n) is 6.03. The molecule has 2 aromatic heterocycles. The van der Waals surface area contributed by atoms with Gasteiger partial charge >= 0.3 is 0 Å². The smallest absolute Gasteiger partial charge is 0.249 e. The van der Waals surface area contributed by atoms with E-state index in [1.165, 1.54) is 41.8 Å². The number of methoxy groups -OCH3 is 1. The molecule has 0 amide bonds. The molecular weight excluding hydrogens is 416 g/mol. The van der Waals surface area contributed by atoms with Gasteiger partial charge in [-0.25, -0.2) is 9.99 Å². The summed E-state index contributed by atoms with van der Waals surface area (Å²) < 4.78 is 7.53. The molecule has 0 saturated carbocycles. The normalized spacial score (nSPS) is 21.7. The quantitative estimate of drug-likeness (QED) is 0.599. The summed E-state index contributed by atoms with van der Waals surface area (Å²) >= 11 is 3.67. The van der Waals surface area contributed by atoms with Crippen LogP contribution in [0.25, 0.3) is 5.00 Å². The molecule has 1 fully saturated rings. The van der Waals surface area contributed by atoms with Gasteiger partial charge in [0.05, 0.1) is 13.3 Å². The number of aromatic nitrogens is 3. The fourth-order valence-electron chi connectivity index (χ4n) is 4.60. The van der Waals surface area contributed by atoms with E-state index in [0.717, 1.165) is 22.6 Å². The second-order valence-corrected chi connectivity index (χ2v) is 10.0. The zero-order chi connectivity index (χ0) is 20.2. The maximum atomic E-state index is 5.27. The van der Waals surface area contributed by atoms with Gasteiger partial charge in [0, 0.05) is 16.2 Å². The molecule has 0 bridgehead atoms. The number of ether oxygens (including phenoxy) is 1. The number of thioether (sulfide) groups is 1.